The summed E-state index contributed by atoms with van der Waals surface area (Å²) in [5, 5.41) is 0. The molecule has 1 aromatic heterocycles. The molecule has 0 fully saturated rings. The smallest absolute Gasteiger partial charge is 0.425 e. The largest absolute Gasteiger partial charge is 0.494 e. The average molecular weight is 408 g/mol. The first-order valence-corrected chi connectivity index (χ1v) is 8.37. The number of nitrogens with zero attached hydrogens (tertiary/aromatic N) is 3. The lowest BCUT2D eigenvalue weighted by Crippen LogP contribution is -2.46. The fourth-order valence-corrected chi connectivity index (χ4v) is 2.85. The predicted molar refractivity (Wildman–Crippen MR) is 95.5 cm³/mol. The monoisotopic (exact) mass is 408 g/mol. The Morgan fingerprint density at radius 3 is 2.55 bits per heavy atom. The van der Waals surface area contributed by atoms with E-state index in [2.05, 4.69) is 31.5 Å². The molecule has 0 aliphatic carbocycles. The molecule has 10 heteroatoms. The number of hydrogen-bond donors (Lipinski definition) is 1. The average Bonchev–Trinajstić information content (AvgIpc) is 2.66. The Bertz CT molecular complexity index is 996. The normalized spacial score (nSPS) is 21.4. The topological polar surface area (TPSA) is 82.6 Å². The van der Waals surface area contributed by atoms with Gasteiger partial charge in [0.1, 0.15) is 5.82 Å². The third kappa shape index (κ3) is 4.56. The van der Waals surface area contributed by atoms with Crippen molar-refractivity contribution in [1.82, 2.24) is 9.97 Å². The second-order valence-corrected chi connectivity index (χ2v) is 6.47. The van der Waals surface area contributed by atoms with Crippen LogP contribution >= 0.6 is 0 Å². The number of hydrogen-bond acceptors (Lipinski definition) is 6. The number of benzene rings is 1. The summed E-state index contributed by atoms with van der Waals surface area (Å²) in [7, 11) is 1.47. The van der Waals surface area contributed by atoms with E-state index in [-0.39, 0.29) is 11.4 Å². The van der Waals surface area contributed by atoms with Crippen molar-refractivity contribution < 1.29 is 27.0 Å². The summed E-state index contributed by atoms with van der Waals surface area (Å²) in [4.78, 5) is 11.9. The van der Waals surface area contributed by atoms with Gasteiger partial charge in [-0.05, 0) is 31.0 Å². The molecule has 0 spiro atoms. The van der Waals surface area contributed by atoms with Crippen molar-refractivity contribution in [2.24, 2.45) is 10.7 Å². The van der Waals surface area contributed by atoms with Gasteiger partial charge < -0.3 is 15.2 Å². The van der Waals surface area contributed by atoms with Crippen molar-refractivity contribution >= 4 is 6.02 Å². The molecule has 152 valence electrons. The molecular weight excluding hydrogens is 392 g/mol. The van der Waals surface area contributed by atoms with Crippen LogP contribution in [-0.4, -0.2) is 35.4 Å². The minimum atomic E-state index is -4.67. The Labute approximate surface area is 163 Å². The number of alkyl halides is 3. The highest BCUT2D eigenvalue weighted by atomic mass is 19.4. The van der Waals surface area contributed by atoms with Crippen molar-refractivity contribution in [3.8, 4) is 17.6 Å². The zero-order valence-electron chi connectivity index (χ0n) is 15.4. The van der Waals surface area contributed by atoms with E-state index in [0.717, 1.165) is 6.07 Å². The van der Waals surface area contributed by atoms with Crippen LogP contribution in [0.2, 0.25) is 0 Å². The third-order valence-electron chi connectivity index (χ3n) is 4.30. The molecule has 0 amide bonds. The number of rotatable bonds is 2. The van der Waals surface area contributed by atoms with Crippen molar-refractivity contribution in [1.29, 1.82) is 0 Å². The number of amidine groups is 1. The van der Waals surface area contributed by atoms with Gasteiger partial charge in [-0.2, -0.15) is 13.2 Å². The van der Waals surface area contributed by atoms with Gasteiger partial charge in [-0.15, -0.1) is 0 Å². The highest BCUT2D eigenvalue weighted by Crippen LogP contribution is 2.40. The van der Waals surface area contributed by atoms with E-state index in [1.54, 1.807) is 0 Å². The molecule has 29 heavy (non-hydrogen) atoms. The van der Waals surface area contributed by atoms with E-state index >= 15 is 0 Å². The Hall–Kier alpha value is -3.35. The van der Waals surface area contributed by atoms with Crippen LogP contribution in [0, 0.1) is 17.7 Å². The van der Waals surface area contributed by atoms with Crippen LogP contribution in [0.3, 0.4) is 0 Å². The molecule has 1 aliphatic heterocycles. The van der Waals surface area contributed by atoms with E-state index in [9.17, 15) is 17.6 Å². The molecule has 2 N–H and O–H groups in total. The molecule has 2 aromatic rings. The maximum atomic E-state index is 14.5. The third-order valence-corrected chi connectivity index (χ3v) is 4.30. The Kier molecular flexibility index (Phi) is 5.33. The summed E-state index contributed by atoms with van der Waals surface area (Å²) < 4.78 is 63.4. The number of nitrogens with two attached hydrogens (primary N) is 1. The lowest BCUT2D eigenvalue weighted by molar-refractivity contribution is -0.208. The molecule has 2 atom stereocenters. The van der Waals surface area contributed by atoms with Gasteiger partial charge in [0.05, 0.1) is 25.0 Å². The fraction of sp³-hybridized carbons (Fsp3) is 0.316. The molecule has 0 bridgehead atoms. The van der Waals surface area contributed by atoms with Crippen LogP contribution < -0.4 is 10.5 Å². The van der Waals surface area contributed by atoms with Crippen molar-refractivity contribution in [2.45, 2.75) is 31.2 Å². The number of aliphatic imine (C=N–C) groups is 1. The number of aromatic nitrogens is 2. The van der Waals surface area contributed by atoms with E-state index < -0.39 is 36.1 Å². The first kappa shape index (κ1) is 20.4. The minimum absolute atomic E-state index is 0.0690. The van der Waals surface area contributed by atoms with Crippen LogP contribution in [0.1, 0.15) is 30.3 Å². The molecule has 2 heterocycles. The SMILES string of the molecule is COc1cnc(C#Cc2ccc(F)c(C3(C)CC(C(F)(F)F)OC(N)=N3)c2)nc1. The van der Waals surface area contributed by atoms with E-state index in [1.807, 2.05) is 0 Å². The lowest BCUT2D eigenvalue weighted by atomic mass is 9.85. The molecule has 0 radical (unpaired) electrons. The highest BCUT2D eigenvalue weighted by Gasteiger charge is 2.50. The van der Waals surface area contributed by atoms with Gasteiger partial charge in [-0.1, -0.05) is 5.92 Å². The van der Waals surface area contributed by atoms with Crippen molar-refractivity contribution in [2.75, 3.05) is 7.11 Å². The maximum Gasteiger partial charge on any atom is 0.425 e. The van der Waals surface area contributed by atoms with Gasteiger partial charge in [0.25, 0.3) is 6.02 Å². The summed E-state index contributed by atoms with van der Waals surface area (Å²) in [5.74, 6) is 5.40. The highest BCUT2D eigenvalue weighted by molar-refractivity contribution is 5.73. The fourth-order valence-electron chi connectivity index (χ4n) is 2.85. The van der Waals surface area contributed by atoms with Crippen LogP contribution in [0.15, 0.2) is 35.6 Å². The van der Waals surface area contributed by atoms with Crippen LogP contribution in [0.4, 0.5) is 17.6 Å². The maximum absolute atomic E-state index is 14.5. The van der Waals surface area contributed by atoms with E-state index in [1.165, 1.54) is 38.6 Å². The number of methoxy groups -OCH3 is 1. The molecule has 1 aliphatic rings. The molecule has 3 rings (SSSR count). The molecule has 1 aromatic carbocycles. The number of ether oxygens (including phenoxy) is 2. The Morgan fingerprint density at radius 1 is 1.24 bits per heavy atom. The van der Waals surface area contributed by atoms with E-state index in [0.29, 0.717) is 11.3 Å². The summed E-state index contributed by atoms with van der Waals surface area (Å²) in [5.41, 5.74) is 4.15. The minimum Gasteiger partial charge on any atom is -0.494 e. The van der Waals surface area contributed by atoms with Gasteiger partial charge in [0.15, 0.2) is 11.9 Å². The van der Waals surface area contributed by atoms with Crippen molar-refractivity contribution in [3.05, 3.63) is 53.4 Å². The zero-order chi connectivity index (χ0) is 21.2. The molecule has 6 nitrogen and oxygen atoms in total. The summed E-state index contributed by atoms with van der Waals surface area (Å²) >= 11 is 0. The zero-order valence-corrected chi connectivity index (χ0v) is 15.4. The molecular formula is C19H16F4N4O2. The summed E-state index contributed by atoms with van der Waals surface area (Å²) in [6, 6.07) is 3.19. The quantitative estimate of drug-likeness (QED) is 0.610. The number of halogens is 4. The van der Waals surface area contributed by atoms with E-state index in [4.69, 9.17) is 10.5 Å². The van der Waals surface area contributed by atoms with Gasteiger partial charge >= 0.3 is 6.18 Å². The first-order valence-electron chi connectivity index (χ1n) is 8.37. The van der Waals surface area contributed by atoms with Gasteiger partial charge in [0, 0.05) is 17.5 Å². The Morgan fingerprint density at radius 2 is 1.93 bits per heavy atom. The standard InChI is InChI=1S/C19H16F4N4O2/c1-18(8-15(19(21,22)23)29-17(24)27-18)13-7-11(3-5-14(13)20)4-6-16-25-9-12(28-2)10-26-16/h3,5,7,9-10,15H,8H2,1-2H3,(H2,24,27). The summed E-state index contributed by atoms with van der Waals surface area (Å²) in [6.45, 7) is 1.36. The molecule has 0 saturated carbocycles. The molecule has 0 saturated heterocycles. The van der Waals surface area contributed by atoms with Gasteiger partial charge in [-0.25, -0.2) is 19.4 Å². The van der Waals surface area contributed by atoms with Gasteiger partial charge in [0.2, 0.25) is 5.82 Å². The second-order valence-electron chi connectivity index (χ2n) is 6.47. The van der Waals surface area contributed by atoms with Gasteiger partial charge in [-0.3, -0.25) is 0 Å². The van der Waals surface area contributed by atoms with Crippen LogP contribution in [0.5, 0.6) is 5.75 Å². The lowest BCUT2D eigenvalue weighted by Gasteiger charge is -2.35. The Balaban J connectivity index is 1.95. The first-order chi connectivity index (χ1) is 13.6. The molecule has 2 unspecified atom stereocenters. The second kappa shape index (κ2) is 7.58. The van der Waals surface area contributed by atoms with Crippen LogP contribution in [0.25, 0.3) is 0 Å². The summed E-state index contributed by atoms with van der Waals surface area (Å²) in [6.07, 6.45) is -4.60. The van der Waals surface area contributed by atoms with Crippen LogP contribution in [-0.2, 0) is 10.3 Å². The predicted octanol–water partition coefficient (Wildman–Crippen LogP) is 2.91. The van der Waals surface area contributed by atoms with Crippen molar-refractivity contribution in [3.63, 3.8) is 0 Å².